The molecule has 0 aromatic heterocycles. The maximum Gasteiger partial charge on any atom is 0.0771 e. The van der Waals surface area contributed by atoms with E-state index in [1.807, 2.05) is 12.2 Å². The van der Waals surface area contributed by atoms with E-state index in [-0.39, 0.29) is 0 Å². The van der Waals surface area contributed by atoms with Crippen LogP contribution >= 0.6 is 0 Å². The molecule has 0 aromatic rings. The number of aliphatic hydroxyl groups is 1. The highest BCUT2D eigenvalue weighted by molar-refractivity contribution is 4.94. The fourth-order valence-corrected chi connectivity index (χ4v) is 0.694. The summed E-state index contributed by atoms with van der Waals surface area (Å²) >= 11 is 0. The molecule has 0 amide bonds. The van der Waals surface area contributed by atoms with Crippen molar-refractivity contribution < 1.29 is 5.11 Å². The van der Waals surface area contributed by atoms with Gasteiger partial charge in [-0.25, -0.2) is 0 Å². The molecule has 0 aromatic carbocycles. The summed E-state index contributed by atoms with van der Waals surface area (Å²) < 4.78 is 0. The molecule has 0 aliphatic heterocycles. The number of unbranched alkanes of at least 4 members (excludes halogenated alkanes) is 2. The predicted molar refractivity (Wildman–Crippen MR) is 45.0 cm³/mol. The minimum atomic E-state index is -0.631. The minimum absolute atomic E-state index is 0.631. The first-order valence-electron chi connectivity index (χ1n) is 3.96. The van der Waals surface area contributed by atoms with Gasteiger partial charge < -0.3 is 5.11 Å². The predicted octanol–water partition coefficient (Wildman–Crippen LogP) is 2.50. The molecule has 10 heavy (non-hydrogen) atoms. The molecule has 0 saturated carbocycles. The van der Waals surface area contributed by atoms with E-state index in [0.29, 0.717) is 0 Å². The SMILES string of the molecule is CCCCC=CC(C)(C)O. The van der Waals surface area contributed by atoms with Gasteiger partial charge in [-0.2, -0.15) is 0 Å². The van der Waals surface area contributed by atoms with Gasteiger partial charge in [0.25, 0.3) is 0 Å². The summed E-state index contributed by atoms with van der Waals surface area (Å²) in [5, 5.41) is 9.23. The van der Waals surface area contributed by atoms with Crippen molar-refractivity contribution in [2.24, 2.45) is 0 Å². The molecule has 1 heteroatoms. The Morgan fingerprint density at radius 2 is 2.00 bits per heavy atom. The first-order chi connectivity index (χ1) is 4.56. The van der Waals surface area contributed by atoms with Gasteiger partial charge in [0, 0.05) is 0 Å². The standard InChI is InChI=1S/C9H18O/c1-4-5-6-7-8-9(2,3)10/h7-8,10H,4-6H2,1-3H3. The minimum Gasteiger partial charge on any atom is -0.386 e. The van der Waals surface area contributed by atoms with Gasteiger partial charge in [0.15, 0.2) is 0 Å². The van der Waals surface area contributed by atoms with E-state index in [2.05, 4.69) is 6.92 Å². The number of hydrogen-bond donors (Lipinski definition) is 1. The van der Waals surface area contributed by atoms with E-state index < -0.39 is 5.60 Å². The number of rotatable bonds is 4. The fourth-order valence-electron chi connectivity index (χ4n) is 0.694. The molecular formula is C9H18O. The summed E-state index contributed by atoms with van der Waals surface area (Å²) in [6.45, 7) is 5.74. The average Bonchev–Trinajstić information content (AvgIpc) is 1.78. The van der Waals surface area contributed by atoms with Gasteiger partial charge in [-0.3, -0.25) is 0 Å². The Hall–Kier alpha value is -0.300. The molecular weight excluding hydrogens is 124 g/mol. The van der Waals surface area contributed by atoms with Crippen LogP contribution in [0.5, 0.6) is 0 Å². The summed E-state index contributed by atoms with van der Waals surface area (Å²) in [6, 6.07) is 0. The Bertz CT molecular complexity index is 97.8. The molecule has 0 aliphatic carbocycles. The van der Waals surface area contributed by atoms with Crippen LogP contribution in [0.4, 0.5) is 0 Å². The second-order valence-electron chi connectivity index (χ2n) is 3.20. The van der Waals surface area contributed by atoms with Crippen LogP contribution in [0, 0.1) is 0 Å². The van der Waals surface area contributed by atoms with Gasteiger partial charge in [0.2, 0.25) is 0 Å². The van der Waals surface area contributed by atoms with E-state index in [1.165, 1.54) is 12.8 Å². The van der Waals surface area contributed by atoms with Crippen molar-refractivity contribution in [2.75, 3.05) is 0 Å². The van der Waals surface area contributed by atoms with Crippen molar-refractivity contribution >= 4 is 0 Å². The first-order valence-corrected chi connectivity index (χ1v) is 3.96. The molecule has 0 aliphatic rings. The second-order valence-corrected chi connectivity index (χ2v) is 3.20. The lowest BCUT2D eigenvalue weighted by Crippen LogP contribution is -2.13. The molecule has 0 atom stereocenters. The highest BCUT2D eigenvalue weighted by Crippen LogP contribution is 2.04. The Balaban J connectivity index is 3.37. The van der Waals surface area contributed by atoms with E-state index in [1.54, 1.807) is 13.8 Å². The Kier molecular flexibility index (Phi) is 4.37. The molecule has 0 bridgehead atoms. The van der Waals surface area contributed by atoms with E-state index in [0.717, 1.165) is 6.42 Å². The molecule has 1 nitrogen and oxygen atoms in total. The van der Waals surface area contributed by atoms with Gasteiger partial charge in [0.1, 0.15) is 0 Å². The van der Waals surface area contributed by atoms with E-state index >= 15 is 0 Å². The highest BCUT2D eigenvalue weighted by Gasteiger charge is 2.04. The van der Waals surface area contributed by atoms with Crippen molar-refractivity contribution in [3.05, 3.63) is 12.2 Å². The van der Waals surface area contributed by atoms with Gasteiger partial charge in [0.05, 0.1) is 5.60 Å². The third-order valence-electron chi connectivity index (χ3n) is 1.25. The van der Waals surface area contributed by atoms with E-state index in [9.17, 15) is 5.11 Å². The summed E-state index contributed by atoms with van der Waals surface area (Å²) in [5.74, 6) is 0. The summed E-state index contributed by atoms with van der Waals surface area (Å²) in [5.41, 5.74) is -0.631. The Morgan fingerprint density at radius 1 is 1.40 bits per heavy atom. The van der Waals surface area contributed by atoms with Crippen LogP contribution in [-0.2, 0) is 0 Å². The molecule has 0 heterocycles. The zero-order chi connectivity index (χ0) is 8.04. The topological polar surface area (TPSA) is 20.2 Å². The lowest BCUT2D eigenvalue weighted by atomic mass is 10.1. The molecule has 0 fully saturated rings. The Morgan fingerprint density at radius 3 is 2.40 bits per heavy atom. The molecule has 0 rings (SSSR count). The molecule has 0 radical (unpaired) electrons. The number of allylic oxidation sites excluding steroid dienone is 1. The maximum absolute atomic E-state index is 9.23. The monoisotopic (exact) mass is 142 g/mol. The van der Waals surface area contributed by atoms with Crippen molar-refractivity contribution in [1.82, 2.24) is 0 Å². The molecule has 60 valence electrons. The second kappa shape index (κ2) is 4.51. The smallest absolute Gasteiger partial charge is 0.0771 e. The van der Waals surface area contributed by atoms with Crippen molar-refractivity contribution in [3.8, 4) is 0 Å². The first kappa shape index (κ1) is 9.70. The quantitative estimate of drug-likeness (QED) is 0.472. The average molecular weight is 142 g/mol. The summed E-state index contributed by atoms with van der Waals surface area (Å²) in [7, 11) is 0. The van der Waals surface area contributed by atoms with Gasteiger partial charge in [-0.05, 0) is 20.3 Å². The number of hydrogen-bond acceptors (Lipinski definition) is 1. The van der Waals surface area contributed by atoms with E-state index in [4.69, 9.17) is 0 Å². The van der Waals surface area contributed by atoms with Gasteiger partial charge >= 0.3 is 0 Å². The normalized spacial score (nSPS) is 12.8. The lowest BCUT2D eigenvalue weighted by molar-refractivity contribution is 0.133. The molecule has 0 spiro atoms. The van der Waals surface area contributed by atoms with Crippen molar-refractivity contribution in [1.29, 1.82) is 0 Å². The zero-order valence-corrected chi connectivity index (χ0v) is 7.22. The van der Waals surface area contributed by atoms with Crippen LogP contribution in [0.25, 0.3) is 0 Å². The molecule has 0 unspecified atom stereocenters. The zero-order valence-electron chi connectivity index (χ0n) is 7.22. The highest BCUT2D eigenvalue weighted by atomic mass is 16.3. The maximum atomic E-state index is 9.23. The Labute approximate surface area is 63.8 Å². The third-order valence-corrected chi connectivity index (χ3v) is 1.25. The van der Waals surface area contributed by atoms with Gasteiger partial charge in [-0.1, -0.05) is 31.9 Å². The molecule has 1 N–H and O–H groups in total. The largest absolute Gasteiger partial charge is 0.386 e. The van der Waals surface area contributed by atoms with Crippen LogP contribution in [0.1, 0.15) is 40.0 Å². The van der Waals surface area contributed by atoms with Crippen molar-refractivity contribution in [2.45, 2.75) is 45.6 Å². The molecule has 0 saturated heterocycles. The van der Waals surface area contributed by atoms with Crippen LogP contribution < -0.4 is 0 Å². The third kappa shape index (κ3) is 7.70. The fraction of sp³-hybridized carbons (Fsp3) is 0.778. The summed E-state index contributed by atoms with van der Waals surface area (Å²) in [4.78, 5) is 0. The van der Waals surface area contributed by atoms with Crippen LogP contribution in [-0.4, -0.2) is 10.7 Å². The van der Waals surface area contributed by atoms with Crippen LogP contribution in [0.3, 0.4) is 0 Å². The lowest BCUT2D eigenvalue weighted by Gasteiger charge is -2.09. The van der Waals surface area contributed by atoms with Crippen molar-refractivity contribution in [3.63, 3.8) is 0 Å². The van der Waals surface area contributed by atoms with Crippen LogP contribution in [0.2, 0.25) is 0 Å². The summed E-state index contributed by atoms with van der Waals surface area (Å²) in [6.07, 6.45) is 7.41. The van der Waals surface area contributed by atoms with Gasteiger partial charge in [-0.15, -0.1) is 0 Å². The van der Waals surface area contributed by atoms with Crippen LogP contribution in [0.15, 0.2) is 12.2 Å².